The quantitative estimate of drug-likeness (QED) is 0.814. The molecule has 1 saturated heterocycles. The van der Waals surface area contributed by atoms with Crippen molar-refractivity contribution in [3.63, 3.8) is 0 Å². The van der Waals surface area contributed by atoms with Crippen molar-refractivity contribution >= 4 is 0 Å². The Labute approximate surface area is 108 Å². The van der Waals surface area contributed by atoms with Crippen molar-refractivity contribution in [1.82, 2.24) is 9.88 Å². The van der Waals surface area contributed by atoms with Crippen LogP contribution >= 0.6 is 0 Å². The van der Waals surface area contributed by atoms with Crippen LogP contribution in [0.1, 0.15) is 30.1 Å². The summed E-state index contributed by atoms with van der Waals surface area (Å²) in [6, 6.07) is 17.4. The fourth-order valence-corrected chi connectivity index (χ4v) is 2.74. The standard InChI is InChI=1S/C16H18N2/c1-2-7-14(8-3-1)13-18-12-6-10-16(18)15-9-4-5-11-17-15/h1-5,7-9,11,16H,6,10,12-13H2/t16-/m1/s1. The number of aromatic nitrogens is 1. The Hall–Kier alpha value is -1.67. The van der Waals surface area contributed by atoms with E-state index in [-0.39, 0.29) is 0 Å². The zero-order valence-electron chi connectivity index (χ0n) is 10.5. The summed E-state index contributed by atoms with van der Waals surface area (Å²) in [4.78, 5) is 7.05. The molecule has 0 amide bonds. The van der Waals surface area contributed by atoms with Gasteiger partial charge in [0.15, 0.2) is 0 Å². The molecule has 0 unspecified atom stereocenters. The van der Waals surface area contributed by atoms with Gasteiger partial charge in [-0.2, -0.15) is 0 Å². The number of benzene rings is 1. The van der Waals surface area contributed by atoms with Gasteiger partial charge in [-0.3, -0.25) is 9.88 Å². The third kappa shape index (κ3) is 2.44. The maximum Gasteiger partial charge on any atom is 0.0575 e. The topological polar surface area (TPSA) is 16.1 Å². The SMILES string of the molecule is c1ccc(CN2CCC[C@@H]2c2ccccn2)cc1. The molecule has 0 aliphatic carbocycles. The van der Waals surface area contributed by atoms with Gasteiger partial charge in [0.2, 0.25) is 0 Å². The first-order chi connectivity index (χ1) is 8.93. The minimum absolute atomic E-state index is 0.492. The Balaban J connectivity index is 1.76. The monoisotopic (exact) mass is 238 g/mol. The molecular formula is C16H18N2. The fraction of sp³-hybridized carbons (Fsp3) is 0.312. The Bertz CT molecular complexity index is 481. The number of pyridine rings is 1. The molecule has 0 saturated carbocycles. The highest BCUT2D eigenvalue weighted by atomic mass is 15.2. The van der Waals surface area contributed by atoms with E-state index in [0.717, 1.165) is 6.54 Å². The summed E-state index contributed by atoms with van der Waals surface area (Å²) in [7, 11) is 0. The second-order valence-corrected chi connectivity index (χ2v) is 4.87. The van der Waals surface area contributed by atoms with Gasteiger partial charge < -0.3 is 0 Å². The molecule has 1 aliphatic rings. The van der Waals surface area contributed by atoms with Crippen molar-refractivity contribution in [3.05, 3.63) is 66.0 Å². The van der Waals surface area contributed by atoms with Crippen molar-refractivity contribution < 1.29 is 0 Å². The van der Waals surface area contributed by atoms with Crippen LogP contribution in [0, 0.1) is 0 Å². The van der Waals surface area contributed by atoms with E-state index in [0.29, 0.717) is 6.04 Å². The number of likely N-dealkylation sites (tertiary alicyclic amines) is 1. The average molecular weight is 238 g/mol. The lowest BCUT2D eigenvalue weighted by Gasteiger charge is -2.24. The molecule has 0 bridgehead atoms. The highest BCUT2D eigenvalue weighted by molar-refractivity contribution is 5.16. The van der Waals surface area contributed by atoms with E-state index in [1.54, 1.807) is 0 Å². The van der Waals surface area contributed by atoms with Gasteiger partial charge in [-0.1, -0.05) is 36.4 Å². The van der Waals surface area contributed by atoms with Gasteiger partial charge >= 0.3 is 0 Å². The first kappa shape index (κ1) is 11.4. The smallest absolute Gasteiger partial charge is 0.0575 e. The van der Waals surface area contributed by atoms with Crippen molar-refractivity contribution in [3.8, 4) is 0 Å². The molecule has 1 aromatic heterocycles. The molecular weight excluding hydrogens is 220 g/mol. The Morgan fingerprint density at radius 1 is 1.06 bits per heavy atom. The Kier molecular flexibility index (Phi) is 3.37. The largest absolute Gasteiger partial charge is 0.291 e. The van der Waals surface area contributed by atoms with Crippen LogP contribution in [0.3, 0.4) is 0 Å². The highest BCUT2D eigenvalue weighted by Gasteiger charge is 2.26. The predicted molar refractivity (Wildman–Crippen MR) is 73.1 cm³/mol. The maximum atomic E-state index is 4.51. The van der Waals surface area contributed by atoms with Crippen LogP contribution in [-0.4, -0.2) is 16.4 Å². The van der Waals surface area contributed by atoms with E-state index in [4.69, 9.17) is 0 Å². The minimum Gasteiger partial charge on any atom is -0.291 e. The molecule has 1 atom stereocenters. The summed E-state index contributed by atoms with van der Waals surface area (Å²) >= 11 is 0. The molecule has 18 heavy (non-hydrogen) atoms. The lowest BCUT2D eigenvalue weighted by atomic mass is 10.1. The van der Waals surface area contributed by atoms with Gasteiger partial charge in [-0.15, -0.1) is 0 Å². The van der Waals surface area contributed by atoms with Gasteiger partial charge in [0, 0.05) is 12.7 Å². The third-order valence-electron chi connectivity index (χ3n) is 3.62. The van der Waals surface area contributed by atoms with Gasteiger partial charge in [0.1, 0.15) is 0 Å². The summed E-state index contributed by atoms with van der Waals surface area (Å²) in [5, 5.41) is 0. The maximum absolute atomic E-state index is 4.51. The molecule has 0 spiro atoms. The molecule has 2 heteroatoms. The number of hydrogen-bond acceptors (Lipinski definition) is 2. The molecule has 2 heterocycles. The minimum atomic E-state index is 0.492. The molecule has 0 N–H and O–H groups in total. The Morgan fingerprint density at radius 3 is 2.67 bits per heavy atom. The van der Waals surface area contributed by atoms with Crippen molar-refractivity contribution in [1.29, 1.82) is 0 Å². The molecule has 2 aromatic rings. The van der Waals surface area contributed by atoms with E-state index in [2.05, 4.69) is 52.3 Å². The third-order valence-corrected chi connectivity index (χ3v) is 3.62. The van der Waals surface area contributed by atoms with Crippen LogP contribution in [0.5, 0.6) is 0 Å². The molecule has 1 fully saturated rings. The summed E-state index contributed by atoms with van der Waals surface area (Å²) in [5.41, 5.74) is 2.60. The predicted octanol–water partition coefficient (Wildman–Crippen LogP) is 3.42. The van der Waals surface area contributed by atoms with E-state index in [1.807, 2.05) is 12.3 Å². The van der Waals surface area contributed by atoms with Crippen LogP contribution in [-0.2, 0) is 6.54 Å². The van der Waals surface area contributed by atoms with E-state index in [9.17, 15) is 0 Å². The molecule has 1 aliphatic heterocycles. The van der Waals surface area contributed by atoms with Gasteiger partial charge in [0.05, 0.1) is 11.7 Å². The number of hydrogen-bond donors (Lipinski definition) is 0. The van der Waals surface area contributed by atoms with Crippen LogP contribution in [0.15, 0.2) is 54.7 Å². The molecule has 1 aromatic carbocycles. The second-order valence-electron chi connectivity index (χ2n) is 4.87. The van der Waals surface area contributed by atoms with Gasteiger partial charge in [0.25, 0.3) is 0 Å². The van der Waals surface area contributed by atoms with Crippen molar-refractivity contribution in [2.45, 2.75) is 25.4 Å². The summed E-state index contributed by atoms with van der Waals surface area (Å²) in [6.07, 6.45) is 4.40. The first-order valence-corrected chi connectivity index (χ1v) is 6.62. The van der Waals surface area contributed by atoms with E-state index < -0.39 is 0 Å². The number of rotatable bonds is 3. The van der Waals surface area contributed by atoms with Crippen LogP contribution in [0.25, 0.3) is 0 Å². The van der Waals surface area contributed by atoms with Crippen LogP contribution < -0.4 is 0 Å². The molecule has 92 valence electrons. The summed E-state index contributed by atoms with van der Waals surface area (Å²) in [5.74, 6) is 0. The van der Waals surface area contributed by atoms with Crippen molar-refractivity contribution in [2.24, 2.45) is 0 Å². The molecule has 3 rings (SSSR count). The number of nitrogens with zero attached hydrogens (tertiary/aromatic N) is 2. The fourth-order valence-electron chi connectivity index (χ4n) is 2.74. The van der Waals surface area contributed by atoms with E-state index >= 15 is 0 Å². The van der Waals surface area contributed by atoms with E-state index in [1.165, 1.54) is 30.6 Å². The lowest BCUT2D eigenvalue weighted by molar-refractivity contribution is 0.244. The van der Waals surface area contributed by atoms with Crippen molar-refractivity contribution in [2.75, 3.05) is 6.54 Å². The van der Waals surface area contributed by atoms with Crippen LogP contribution in [0.4, 0.5) is 0 Å². The van der Waals surface area contributed by atoms with Gasteiger partial charge in [-0.25, -0.2) is 0 Å². The van der Waals surface area contributed by atoms with Gasteiger partial charge in [-0.05, 0) is 37.1 Å². The average Bonchev–Trinajstić information content (AvgIpc) is 2.89. The Morgan fingerprint density at radius 2 is 1.89 bits per heavy atom. The second kappa shape index (κ2) is 5.32. The zero-order chi connectivity index (χ0) is 12.2. The summed E-state index contributed by atoms with van der Waals surface area (Å²) in [6.45, 7) is 2.21. The lowest BCUT2D eigenvalue weighted by Crippen LogP contribution is -2.23. The highest BCUT2D eigenvalue weighted by Crippen LogP contribution is 2.31. The normalized spacial score (nSPS) is 20.1. The van der Waals surface area contributed by atoms with Crippen LogP contribution in [0.2, 0.25) is 0 Å². The summed E-state index contributed by atoms with van der Waals surface area (Å²) < 4.78 is 0. The molecule has 0 radical (unpaired) electrons. The first-order valence-electron chi connectivity index (χ1n) is 6.62. The zero-order valence-corrected chi connectivity index (χ0v) is 10.5. The molecule has 2 nitrogen and oxygen atoms in total.